The zero-order valence-electron chi connectivity index (χ0n) is 10.9. The first kappa shape index (κ1) is 14.6. The summed E-state index contributed by atoms with van der Waals surface area (Å²) in [7, 11) is 1.99. The van der Waals surface area contributed by atoms with Crippen LogP contribution in [0, 0.1) is 26.6 Å². The average Bonchev–Trinajstić information content (AvgIpc) is 2.41. The third kappa shape index (κ3) is 3.00. The minimum absolute atomic E-state index is 0.174. The van der Waals surface area contributed by atoms with E-state index in [2.05, 4.69) is 4.90 Å². The first-order valence-corrected chi connectivity index (χ1v) is 6.82. The number of hydrogen-bond acceptors (Lipinski definition) is 6. The molecule has 0 saturated carbocycles. The summed E-state index contributed by atoms with van der Waals surface area (Å²) in [6.07, 6.45) is 0. The first-order chi connectivity index (χ1) is 9.52. The molecule has 0 unspecified atom stereocenters. The van der Waals surface area contributed by atoms with Gasteiger partial charge in [0.2, 0.25) is 0 Å². The first-order valence-electron chi connectivity index (χ1n) is 6.00. The number of nitro groups is 1. The quantitative estimate of drug-likeness (QED) is 0.368. The van der Waals surface area contributed by atoms with Crippen molar-refractivity contribution in [1.82, 2.24) is 4.90 Å². The molecule has 20 heavy (non-hydrogen) atoms. The van der Waals surface area contributed by atoms with E-state index in [9.17, 15) is 14.5 Å². The van der Waals surface area contributed by atoms with Crippen LogP contribution in [0.5, 0.6) is 0 Å². The lowest BCUT2D eigenvalue weighted by molar-refractivity contribution is -0.387. The molecule has 0 aliphatic carbocycles. The monoisotopic (exact) mass is 296 g/mol. The van der Waals surface area contributed by atoms with Gasteiger partial charge in [0.1, 0.15) is 10.3 Å². The number of hydrogen-bond donors (Lipinski definition) is 0. The second-order valence-corrected chi connectivity index (χ2v) is 5.34. The van der Waals surface area contributed by atoms with Gasteiger partial charge in [-0.25, -0.2) is 4.39 Å². The molecule has 2 rings (SSSR count). The van der Waals surface area contributed by atoms with E-state index < -0.39 is 10.7 Å². The minimum atomic E-state index is -0.670. The largest absolute Gasteiger partial charge is 0.367 e. The summed E-state index contributed by atoms with van der Waals surface area (Å²) in [5.41, 5.74) is -0.0478. The molecule has 1 aromatic rings. The van der Waals surface area contributed by atoms with Gasteiger partial charge in [-0.2, -0.15) is 5.26 Å². The van der Waals surface area contributed by atoms with Crippen molar-refractivity contribution in [2.45, 2.75) is 4.90 Å². The Morgan fingerprint density at radius 2 is 2.05 bits per heavy atom. The fourth-order valence-electron chi connectivity index (χ4n) is 2.10. The number of thiocyanates is 1. The predicted molar refractivity (Wildman–Crippen MR) is 74.2 cm³/mol. The van der Waals surface area contributed by atoms with Crippen molar-refractivity contribution < 1.29 is 9.31 Å². The molecule has 8 heteroatoms. The molecule has 1 fully saturated rings. The van der Waals surface area contributed by atoms with Crippen LogP contribution < -0.4 is 4.90 Å². The molecule has 6 nitrogen and oxygen atoms in total. The van der Waals surface area contributed by atoms with Crippen LogP contribution in [0.3, 0.4) is 0 Å². The van der Waals surface area contributed by atoms with Gasteiger partial charge in [-0.1, -0.05) is 0 Å². The lowest BCUT2D eigenvalue weighted by atomic mass is 10.2. The second-order valence-electron chi connectivity index (χ2n) is 4.51. The van der Waals surface area contributed by atoms with Gasteiger partial charge in [0.25, 0.3) is 5.69 Å². The van der Waals surface area contributed by atoms with E-state index in [4.69, 9.17) is 5.26 Å². The van der Waals surface area contributed by atoms with E-state index in [-0.39, 0.29) is 10.6 Å². The zero-order chi connectivity index (χ0) is 14.7. The van der Waals surface area contributed by atoms with Gasteiger partial charge in [-0.05, 0) is 24.9 Å². The van der Waals surface area contributed by atoms with Crippen molar-refractivity contribution in [2.24, 2.45) is 0 Å². The Balaban J connectivity index is 2.36. The van der Waals surface area contributed by atoms with Gasteiger partial charge in [-0.15, -0.1) is 0 Å². The van der Waals surface area contributed by atoms with Gasteiger partial charge in [-0.3, -0.25) is 10.1 Å². The Kier molecular flexibility index (Phi) is 4.42. The third-order valence-corrected chi connectivity index (χ3v) is 3.86. The van der Waals surface area contributed by atoms with Crippen LogP contribution in [0.25, 0.3) is 0 Å². The molecular formula is C12H13FN4O2S. The van der Waals surface area contributed by atoms with Crippen LogP contribution in [0.1, 0.15) is 0 Å². The average molecular weight is 296 g/mol. The lowest BCUT2D eigenvalue weighted by Crippen LogP contribution is -2.44. The molecule has 0 N–H and O–H groups in total. The van der Waals surface area contributed by atoms with Crippen LogP contribution in [-0.4, -0.2) is 43.0 Å². The standard InChI is InChI=1S/C12H13FN4O2S/c1-15-2-4-16(5-3-15)10-7-12(20-8-14)11(17(18)19)6-9(10)13/h6-7H,2-5H2,1H3. The van der Waals surface area contributed by atoms with E-state index in [0.717, 1.165) is 19.2 Å². The highest BCUT2D eigenvalue weighted by molar-refractivity contribution is 8.03. The van der Waals surface area contributed by atoms with E-state index in [1.807, 2.05) is 11.9 Å². The number of piperazine rings is 1. The number of anilines is 1. The summed E-state index contributed by atoms with van der Waals surface area (Å²) in [4.78, 5) is 14.4. The maximum absolute atomic E-state index is 14.1. The van der Waals surface area contributed by atoms with E-state index in [1.165, 1.54) is 6.07 Å². The molecule has 0 spiro atoms. The highest BCUT2D eigenvalue weighted by Crippen LogP contribution is 2.35. The molecule has 0 amide bonds. The fraction of sp³-hybridized carbons (Fsp3) is 0.417. The number of benzene rings is 1. The maximum atomic E-state index is 14.1. The van der Waals surface area contributed by atoms with Crippen LogP contribution >= 0.6 is 11.8 Å². The Morgan fingerprint density at radius 1 is 1.40 bits per heavy atom. The molecule has 0 aromatic heterocycles. The van der Waals surface area contributed by atoms with Crippen LogP contribution in [0.4, 0.5) is 15.8 Å². The molecule has 1 aliphatic heterocycles. The van der Waals surface area contributed by atoms with E-state index in [0.29, 0.717) is 30.5 Å². The SMILES string of the molecule is CN1CCN(c2cc(SC#N)c([N+](=O)[O-])cc2F)CC1. The molecule has 1 saturated heterocycles. The number of thioether (sulfide) groups is 1. The minimum Gasteiger partial charge on any atom is -0.367 e. The number of halogens is 1. The summed E-state index contributed by atoms with van der Waals surface area (Å²) in [5.74, 6) is -0.622. The molecule has 0 atom stereocenters. The van der Waals surface area contributed by atoms with E-state index >= 15 is 0 Å². The molecule has 1 aliphatic rings. The predicted octanol–water partition coefficient (Wildman–Crippen LogP) is 2.06. The van der Waals surface area contributed by atoms with E-state index in [1.54, 1.807) is 5.40 Å². The molecule has 1 aromatic carbocycles. The summed E-state index contributed by atoms with van der Waals surface area (Å²) in [6.45, 7) is 2.91. The number of likely N-dealkylation sites (N-methyl/N-ethyl adjacent to an activating group) is 1. The third-order valence-electron chi connectivity index (χ3n) is 3.22. The van der Waals surface area contributed by atoms with Gasteiger partial charge >= 0.3 is 0 Å². The van der Waals surface area contributed by atoms with Crippen LogP contribution in [0.15, 0.2) is 17.0 Å². The Labute approximate surface area is 119 Å². The zero-order valence-corrected chi connectivity index (χ0v) is 11.7. The number of nitriles is 1. The van der Waals surface area contributed by atoms with Crippen LogP contribution in [-0.2, 0) is 0 Å². The molecule has 0 bridgehead atoms. The molecule has 0 radical (unpaired) electrons. The maximum Gasteiger partial charge on any atom is 0.287 e. The second kappa shape index (κ2) is 6.07. The van der Waals surface area contributed by atoms with Crippen molar-refractivity contribution in [3.63, 3.8) is 0 Å². The summed E-state index contributed by atoms with van der Waals surface area (Å²) in [5, 5.41) is 21.4. The molecule has 1 heterocycles. The van der Waals surface area contributed by atoms with Gasteiger partial charge in [0, 0.05) is 26.2 Å². The molecule has 106 valence electrons. The highest BCUT2D eigenvalue weighted by atomic mass is 32.2. The number of rotatable bonds is 3. The topological polar surface area (TPSA) is 73.4 Å². The van der Waals surface area contributed by atoms with Crippen molar-refractivity contribution >= 4 is 23.1 Å². The Morgan fingerprint density at radius 3 is 2.60 bits per heavy atom. The van der Waals surface area contributed by atoms with Crippen molar-refractivity contribution in [2.75, 3.05) is 38.1 Å². The van der Waals surface area contributed by atoms with Crippen molar-refractivity contribution in [3.8, 4) is 5.40 Å². The normalized spacial score (nSPS) is 15.9. The summed E-state index contributed by atoms with van der Waals surface area (Å²) in [6, 6.07) is 2.29. The lowest BCUT2D eigenvalue weighted by Gasteiger charge is -2.34. The van der Waals surface area contributed by atoms with Gasteiger partial charge < -0.3 is 9.80 Å². The fourth-order valence-corrected chi connectivity index (χ4v) is 2.60. The van der Waals surface area contributed by atoms with Crippen molar-refractivity contribution in [1.29, 1.82) is 5.26 Å². The van der Waals surface area contributed by atoms with Gasteiger partial charge in [0.15, 0.2) is 5.82 Å². The Bertz CT molecular complexity index is 567. The Hall–Kier alpha value is -1.85. The number of nitrogens with zero attached hydrogens (tertiary/aromatic N) is 4. The smallest absolute Gasteiger partial charge is 0.287 e. The van der Waals surface area contributed by atoms with Crippen molar-refractivity contribution in [3.05, 3.63) is 28.1 Å². The summed E-state index contributed by atoms with van der Waals surface area (Å²) < 4.78 is 14.1. The highest BCUT2D eigenvalue weighted by Gasteiger charge is 2.23. The summed E-state index contributed by atoms with van der Waals surface area (Å²) >= 11 is 0.678. The van der Waals surface area contributed by atoms with Crippen LogP contribution in [0.2, 0.25) is 0 Å². The van der Waals surface area contributed by atoms with Gasteiger partial charge in [0.05, 0.1) is 16.7 Å². The number of nitro benzene ring substituents is 1. The molecular weight excluding hydrogens is 283 g/mol.